The van der Waals surface area contributed by atoms with Crippen LogP contribution in [0.15, 0.2) is 97.1 Å². The van der Waals surface area contributed by atoms with Gasteiger partial charge < -0.3 is 4.90 Å². The predicted molar refractivity (Wildman–Crippen MR) is 192 cm³/mol. The van der Waals surface area contributed by atoms with Gasteiger partial charge in [-0.25, -0.2) is 0 Å². The quantitative estimate of drug-likeness (QED) is 0.145. The molecule has 3 aromatic rings. The van der Waals surface area contributed by atoms with Crippen molar-refractivity contribution in [3.63, 3.8) is 0 Å². The fourth-order valence-electron chi connectivity index (χ4n) is 5.08. The third kappa shape index (κ3) is 16.7. The third-order valence-electron chi connectivity index (χ3n) is 7.62. The second kappa shape index (κ2) is 23.7. The second-order valence-electron chi connectivity index (χ2n) is 11.3. The van der Waals surface area contributed by atoms with Crippen molar-refractivity contribution in [1.29, 1.82) is 0 Å². The Morgan fingerprint density at radius 1 is 0.907 bits per heavy atom. The molecule has 43 heavy (non-hydrogen) atoms. The minimum absolute atomic E-state index is 0.717. The molecular weight excluding hydrogens is 546 g/mol. The van der Waals surface area contributed by atoms with Gasteiger partial charge >= 0.3 is 0 Å². The van der Waals surface area contributed by atoms with Crippen molar-refractivity contribution in [3.8, 4) is 0 Å². The Balaban J connectivity index is 0.000000358. The lowest BCUT2D eigenvalue weighted by atomic mass is 9.80. The number of hydrazine groups is 1. The Labute approximate surface area is 269 Å². The van der Waals surface area contributed by atoms with Crippen LogP contribution >= 0.6 is 11.6 Å². The molecule has 0 bridgehead atoms. The largest absolute Gasteiger partial charge is 0.302 e. The summed E-state index contributed by atoms with van der Waals surface area (Å²) >= 11 is 5.61. The molecule has 0 aromatic heterocycles. The van der Waals surface area contributed by atoms with Crippen molar-refractivity contribution in [1.82, 2.24) is 10.3 Å². The van der Waals surface area contributed by atoms with Crippen LogP contribution in [0.5, 0.6) is 0 Å². The summed E-state index contributed by atoms with van der Waals surface area (Å²) in [5, 5.41) is 0.801. The Kier molecular flexibility index (Phi) is 21.2. The van der Waals surface area contributed by atoms with Gasteiger partial charge in [0, 0.05) is 18.1 Å². The summed E-state index contributed by atoms with van der Waals surface area (Å²) in [6.45, 7) is 17.2. The summed E-state index contributed by atoms with van der Waals surface area (Å²) in [7, 11) is 2.22. The van der Waals surface area contributed by atoms with E-state index in [9.17, 15) is 0 Å². The lowest BCUT2D eigenvalue weighted by Crippen LogP contribution is -2.22. The number of aryl methyl sites for hydroxylation is 3. The molecule has 0 unspecified atom stereocenters. The van der Waals surface area contributed by atoms with E-state index >= 15 is 0 Å². The van der Waals surface area contributed by atoms with E-state index in [4.69, 9.17) is 17.4 Å². The molecule has 3 aromatic carbocycles. The van der Waals surface area contributed by atoms with Crippen molar-refractivity contribution in [3.05, 3.63) is 130 Å². The number of benzene rings is 3. The Hall–Kier alpha value is -2.69. The number of halogens is 1. The summed E-state index contributed by atoms with van der Waals surface area (Å²) in [6.07, 6.45) is 12.5. The topological polar surface area (TPSA) is 41.3 Å². The Morgan fingerprint density at radius 2 is 1.49 bits per heavy atom. The van der Waals surface area contributed by atoms with Crippen molar-refractivity contribution < 1.29 is 0 Å². The molecule has 1 aliphatic rings. The van der Waals surface area contributed by atoms with E-state index in [1.165, 1.54) is 54.4 Å². The summed E-state index contributed by atoms with van der Waals surface area (Å²) < 4.78 is 0. The van der Waals surface area contributed by atoms with E-state index in [2.05, 4.69) is 106 Å². The number of nitrogens with zero attached hydrogens (tertiary/aromatic N) is 1. The van der Waals surface area contributed by atoms with Crippen molar-refractivity contribution in [2.24, 2.45) is 5.84 Å². The van der Waals surface area contributed by atoms with E-state index in [1.807, 2.05) is 37.3 Å². The van der Waals surface area contributed by atoms with Gasteiger partial charge in [-0.1, -0.05) is 116 Å². The van der Waals surface area contributed by atoms with Crippen LogP contribution < -0.4 is 11.3 Å². The number of nitrogens with two attached hydrogens (primary N) is 1. The highest BCUT2D eigenvalue weighted by molar-refractivity contribution is 6.30. The molecule has 0 spiro atoms. The van der Waals surface area contributed by atoms with Gasteiger partial charge in [0.1, 0.15) is 0 Å². The highest BCUT2D eigenvalue weighted by Crippen LogP contribution is 2.37. The van der Waals surface area contributed by atoms with Gasteiger partial charge in [0.2, 0.25) is 0 Å². The molecule has 0 heterocycles. The summed E-state index contributed by atoms with van der Waals surface area (Å²) in [6, 6.07) is 25.3. The maximum Gasteiger partial charge on any atom is 0.0406 e. The van der Waals surface area contributed by atoms with Crippen LogP contribution in [0.1, 0.15) is 93.0 Å². The Morgan fingerprint density at radius 3 is 1.98 bits per heavy atom. The molecular formula is C39H58ClN3. The standard InChI is InChI=1S/C19H31N3.C9H12.C7H7Cl.C4H8/c1-3-14-22(2)15-18-6-4-5-7-19(18)17-10-8-16(9-11-17)12-13-21-20;1-3-9-7-5-4-6-8(9)2;1-6-2-4-7(8)5-3-6;1-3-4-2/h4-7,12,17,21H,3,8-11,13-15,20H2,1-2H3;4-7H,3H2,1-2H3;2-5H,1H3;3H,1,4H2,2H3. The fourth-order valence-corrected chi connectivity index (χ4v) is 5.20. The second-order valence-corrected chi connectivity index (χ2v) is 11.7. The van der Waals surface area contributed by atoms with E-state index in [0.717, 1.165) is 37.5 Å². The highest BCUT2D eigenvalue weighted by Gasteiger charge is 2.20. The number of hydrogen-bond donors (Lipinski definition) is 2. The fraction of sp³-hybridized carbons (Fsp3) is 0.436. The van der Waals surface area contributed by atoms with E-state index in [0.29, 0.717) is 5.92 Å². The van der Waals surface area contributed by atoms with E-state index in [-0.39, 0.29) is 0 Å². The zero-order valence-electron chi connectivity index (χ0n) is 27.8. The number of hydrogen-bond acceptors (Lipinski definition) is 3. The molecule has 4 rings (SSSR count). The zero-order chi connectivity index (χ0) is 31.9. The summed E-state index contributed by atoms with van der Waals surface area (Å²) in [4.78, 5) is 2.43. The molecule has 236 valence electrons. The van der Waals surface area contributed by atoms with Gasteiger partial charge in [-0.05, 0) is 113 Å². The maximum atomic E-state index is 5.61. The summed E-state index contributed by atoms with van der Waals surface area (Å²) in [5.74, 6) is 6.07. The van der Waals surface area contributed by atoms with Crippen molar-refractivity contribution in [2.45, 2.75) is 92.0 Å². The minimum atomic E-state index is 0.717. The zero-order valence-corrected chi connectivity index (χ0v) is 28.6. The van der Waals surface area contributed by atoms with Crippen LogP contribution in [0.3, 0.4) is 0 Å². The van der Waals surface area contributed by atoms with Crippen LogP contribution in [0.4, 0.5) is 0 Å². The minimum Gasteiger partial charge on any atom is -0.302 e. The number of rotatable bonds is 9. The van der Waals surface area contributed by atoms with Crippen LogP contribution in [0.2, 0.25) is 5.02 Å². The smallest absolute Gasteiger partial charge is 0.0406 e. The van der Waals surface area contributed by atoms with Crippen LogP contribution in [-0.2, 0) is 13.0 Å². The third-order valence-corrected chi connectivity index (χ3v) is 7.87. The SMILES string of the molecule is C=CCC.CCCN(C)Cc1ccccc1C1CCC(=CCNN)CC1.CCc1ccccc1C.Cc1ccc(Cl)cc1. The molecule has 0 amide bonds. The number of allylic oxidation sites excluding steroid dienone is 2. The van der Waals surface area contributed by atoms with Gasteiger partial charge in [-0.3, -0.25) is 11.3 Å². The molecule has 3 N–H and O–H groups in total. The van der Waals surface area contributed by atoms with Crippen molar-refractivity contribution >= 4 is 11.6 Å². The molecule has 0 saturated heterocycles. The highest BCUT2D eigenvalue weighted by atomic mass is 35.5. The average molecular weight is 604 g/mol. The molecule has 0 radical (unpaired) electrons. The molecule has 1 saturated carbocycles. The van der Waals surface area contributed by atoms with E-state index < -0.39 is 0 Å². The maximum absolute atomic E-state index is 5.61. The molecule has 1 aliphatic carbocycles. The predicted octanol–water partition coefficient (Wildman–Crippen LogP) is 10.4. The van der Waals surface area contributed by atoms with Gasteiger partial charge in [-0.2, -0.15) is 0 Å². The average Bonchev–Trinajstić information content (AvgIpc) is 3.03. The monoisotopic (exact) mass is 603 g/mol. The molecule has 1 fully saturated rings. The van der Waals surface area contributed by atoms with Gasteiger partial charge in [0.25, 0.3) is 0 Å². The molecule has 4 heteroatoms. The van der Waals surface area contributed by atoms with Crippen LogP contribution in [-0.4, -0.2) is 25.0 Å². The first-order valence-corrected chi connectivity index (χ1v) is 16.4. The van der Waals surface area contributed by atoms with E-state index in [1.54, 1.807) is 11.1 Å². The first kappa shape index (κ1) is 38.3. The molecule has 0 atom stereocenters. The summed E-state index contributed by atoms with van der Waals surface area (Å²) in [5.41, 5.74) is 11.5. The van der Waals surface area contributed by atoms with Crippen LogP contribution in [0.25, 0.3) is 0 Å². The normalized spacial score (nSPS) is 13.9. The first-order valence-electron chi connectivity index (χ1n) is 16.0. The lowest BCUT2D eigenvalue weighted by molar-refractivity contribution is 0.325. The Bertz CT molecular complexity index is 1140. The van der Waals surface area contributed by atoms with Gasteiger partial charge in [0.05, 0.1) is 0 Å². The van der Waals surface area contributed by atoms with Crippen molar-refractivity contribution in [2.75, 3.05) is 20.1 Å². The number of nitrogens with one attached hydrogen (secondary N) is 1. The van der Waals surface area contributed by atoms with Gasteiger partial charge in [0.15, 0.2) is 0 Å². The molecule has 3 nitrogen and oxygen atoms in total. The van der Waals surface area contributed by atoms with Crippen LogP contribution in [0, 0.1) is 13.8 Å². The van der Waals surface area contributed by atoms with Gasteiger partial charge in [-0.15, -0.1) is 6.58 Å². The first-order chi connectivity index (χ1) is 20.8. The lowest BCUT2D eigenvalue weighted by Gasteiger charge is -2.27. The molecule has 0 aliphatic heterocycles.